The number of aromatic nitrogens is 1. The van der Waals surface area contributed by atoms with Gasteiger partial charge in [0.1, 0.15) is 12.0 Å². The van der Waals surface area contributed by atoms with E-state index in [1.807, 2.05) is 30.3 Å². The maximum atomic E-state index is 12.9. The van der Waals surface area contributed by atoms with Crippen LogP contribution in [0.2, 0.25) is 0 Å². The highest BCUT2D eigenvalue weighted by atomic mass is 19.4. The number of amides is 1. The van der Waals surface area contributed by atoms with Crippen LogP contribution in [-0.2, 0) is 4.79 Å². The number of aliphatic hydroxyl groups is 1. The van der Waals surface area contributed by atoms with Crippen LogP contribution in [0.3, 0.4) is 0 Å². The SMILES string of the molecule is C[C@@](O)(C(=O)N1CCC(c2conc2-c2ccccc2)CC1)C(F)(F)F. The fraction of sp³-hybridized carbons (Fsp3) is 0.444. The van der Waals surface area contributed by atoms with Crippen LogP contribution in [0.1, 0.15) is 31.2 Å². The van der Waals surface area contributed by atoms with Crippen molar-refractivity contribution >= 4 is 5.91 Å². The van der Waals surface area contributed by atoms with Crippen LogP contribution in [0.15, 0.2) is 41.1 Å². The molecular weight excluding hydrogens is 349 g/mol. The maximum Gasteiger partial charge on any atom is 0.426 e. The number of alkyl halides is 3. The van der Waals surface area contributed by atoms with Crippen LogP contribution in [0.25, 0.3) is 11.3 Å². The molecule has 0 saturated carbocycles. The Morgan fingerprint density at radius 3 is 2.42 bits per heavy atom. The van der Waals surface area contributed by atoms with Crippen molar-refractivity contribution in [2.45, 2.75) is 37.5 Å². The molecular formula is C18H19F3N2O3. The van der Waals surface area contributed by atoms with Crippen LogP contribution in [0.5, 0.6) is 0 Å². The number of carbonyl (C=O) groups excluding carboxylic acids is 1. The number of hydrogen-bond acceptors (Lipinski definition) is 4. The second-order valence-electron chi connectivity index (χ2n) is 6.62. The quantitative estimate of drug-likeness (QED) is 0.902. The van der Waals surface area contributed by atoms with E-state index in [0.717, 1.165) is 16.0 Å². The zero-order chi connectivity index (χ0) is 18.9. The first-order valence-electron chi connectivity index (χ1n) is 8.30. The molecule has 0 bridgehead atoms. The van der Waals surface area contributed by atoms with Gasteiger partial charge in [-0.3, -0.25) is 4.79 Å². The highest BCUT2D eigenvalue weighted by molar-refractivity contribution is 5.85. The van der Waals surface area contributed by atoms with E-state index in [2.05, 4.69) is 5.16 Å². The monoisotopic (exact) mass is 368 g/mol. The Labute approximate surface area is 148 Å². The van der Waals surface area contributed by atoms with Gasteiger partial charge in [-0.1, -0.05) is 35.5 Å². The van der Waals surface area contributed by atoms with Gasteiger partial charge in [-0.25, -0.2) is 0 Å². The zero-order valence-electron chi connectivity index (χ0n) is 14.2. The molecule has 3 rings (SSSR count). The van der Waals surface area contributed by atoms with Gasteiger partial charge in [0.25, 0.3) is 5.91 Å². The molecule has 0 aliphatic carbocycles. The van der Waals surface area contributed by atoms with E-state index in [1.165, 1.54) is 0 Å². The van der Waals surface area contributed by atoms with E-state index in [1.54, 1.807) is 6.26 Å². The van der Waals surface area contributed by atoms with Crippen molar-refractivity contribution in [3.05, 3.63) is 42.2 Å². The Hall–Kier alpha value is -2.35. The van der Waals surface area contributed by atoms with Crippen LogP contribution < -0.4 is 0 Å². The van der Waals surface area contributed by atoms with Crippen molar-refractivity contribution in [2.75, 3.05) is 13.1 Å². The molecule has 1 saturated heterocycles. The third-order valence-corrected chi connectivity index (χ3v) is 4.83. The third kappa shape index (κ3) is 3.33. The summed E-state index contributed by atoms with van der Waals surface area (Å²) in [5.41, 5.74) is -0.884. The lowest BCUT2D eigenvalue weighted by molar-refractivity contribution is -0.250. The topological polar surface area (TPSA) is 66.6 Å². The number of hydrogen-bond donors (Lipinski definition) is 1. The van der Waals surface area contributed by atoms with Gasteiger partial charge >= 0.3 is 6.18 Å². The number of likely N-dealkylation sites (tertiary alicyclic amines) is 1. The summed E-state index contributed by atoms with van der Waals surface area (Å²) in [6, 6.07) is 9.46. The average Bonchev–Trinajstić information content (AvgIpc) is 3.10. The first kappa shape index (κ1) is 18.4. The van der Waals surface area contributed by atoms with Crippen LogP contribution in [-0.4, -0.2) is 45.9 Å². The van der Waals surface area contributed by atoms with Gasteiger partial charge in [0, 0.05) is 24.2 Å². The van der Waals surface area contributed by atoms with E-state index < -0.39 is 17.7 Å². The Balaban J connectivity index is 1.71. The molecule has 1 aromatic heterocycles. The van der Waals surface area contributed by atoms with E-state index >= 15 is 0 Å². The van der Waals surface area contributed by atoms with Crippen LogP contribution in [0, 0.1) is 0 Å². The number of halogens is 3. The number of benzene rings is 1. The highest BCUT2D eigenvalue weighted by Crippen LogP contribution is 2.37. The molecule has 5 nitrogen and oxygen atoms in total. The van der Waals surface area contributed by atoms with Crippen LogP contribution in [0.4, 0.5) is 13.2 Å². The van der Waals surface area contributed by atoms with Crippen LogP contribution >= 0.6 is 0 Å². The molecule has 1 amide bonds. The highest BCUT2D eigenvalue weighted by Gasteiger charge is 2.57. The Bertz CT molecular complexity index is 763. The Morgan fingerprint density at radius 1 is 1.23 bits per heavy atom. The lowest BCUT2D eigenvalue weighted by atomic mass is 9.87. The van der Waals surface area contributed by atoms with Gasteiger partial charge in [0.2, 0.25) is 5.60 Å². The third-order valence-electron chi connectivity index (χ3n) is 4.83. The van der Waals surface area contributed by atoms with E-state index in [4.69, 9.17) is 4.52 Å². The van der Waals surface area contributed by atoms with E-state index in [9.17, 15) is 23.1 Å². The average molecular weight is 368 g/mol. The molecule has 2 aromatic rings. The summed E-state index contributed by atoms with van der Waals surface area (Å²) in [5, 5.41) is 13.6. The number of rotatable bonds is 3. The summed E-state index contributed by atoms with van der Waals surface area (Å²) < 4.78 is 43.7. The molecule has 140 valence electrons. The fourth-order valence-electron chi connectivity index (χ4n) is 3.17. The lowest BCUT2D eigenvalue weighted by Crippen LogP contribution is -2.57. The largest absolute Gasteiger partial charge is 0.426 e. The smallest absolute Gasteiger partial charge is 0.373 e. The molecule has 1 N–H and O–H groups in total. The second-order valence-corrected chi connectivity index (χ2v) is 6.62. The Kier molecular flexibility index (Phi) is 4.79. The molecule has 1 fully saturated rings. The van der Waals surface area contributed by atoms with E-state index in [0.29, 0.717) is 25.5 Å². The maximum absolute atomic E-state index is 12.9. The summed E-state index contributed by atoms with van der Waals surface area (Å²) >= 11 is 0. The lowest BCUT2D eigenvalue weighted by Gasteiger charge is -2.36. The number of carbonyl (C=O) groups is 1. The predicted octanol–water partition coefficient (Wildman–Crippen LogP) is 3.36. The van der Waals surface area contributed by atoms with Gasteiger partial charge in [0.05, 0.1) is 0 Å². The standard InChI is InChI=1S/C18H19F3N2O3/c1-17(25,18(19,20)21)16(24)23-9-7-12(8-10-23)14-11-26-22-15(14)13-5-3-2-4-6-13/h2-6,11-12,25H,7-10H2,1H3/t17-/m1/s1. The molecule has 2 heterocycles. The van der Waals surface area contributed by atoms with Gasteiger partial charge in [-0.2, -0.15) is 13.2 Å². The summed E-state index contributed by atoms with van der Waals surface area (Å²) in [4.78, 5) is 13.1. The molecule has 8 heteroatoms. The number of nitrogens with zero attached hydrogens (tertiary/aromatic N) is 2. The van der Waals surface area contributed by atoms with Gasteiger partial charge in [-0.15, -0.1) is 0 Å². The Morgan fingerprint density at radius 2 is 1.85 bits per heavy atom. The molecule has 1 aliphatic rings. The van der Waals surface area contributed by atoms with Crippen molar-refractivity contribution in [3.63, 3.8) is 0 Å². The van der Waals surface area contributed by atoms with Crippen molar-refractivity contribution in [1.82, 2.24) is 10.1 Å². The van der Waals surface area contributed by atoms with Gasteiger partial charge in [0.15, 0.2) is 0 Å². The fourth-order valence-corrected chi connectivity index (χ4v) is 3.17. The minimum atomic E-state index is -5.00. The van der Waals surface area contributed by atoms with Gasteiger partial charge in [-0.05, 0) is 25.7 Å². The molecule has 0 unspecified atom stereocenters. The van der Waals surface area contributed by atoms with Crippen molar-refractivity contribution < 1.29 is 27.6 Å². The molecule has 26 heavy (non-hydrogen) atoms. The molecule has 1 atom stereocenters. The van der Waals surface area contributed by atoms with E-state index in [-0.39, 0.29) is 19.0 Å². The summed E-state index contributed by atoms with van der Waals surface area (Å²) in [7, 11) is 0. The summed E-state index contributed by atoms with van der Waals surface area (Å²) in [5.74, 6) is -1.28. The molecule has 1 aliphatic heterocycles. The molecule has 1 aromatic carbocycles. The predicted molar refractivity (Wildman–Crippen MR) is 87.2 cm³/mol. The zero-order valence-corrected chi connectivity index (χ0v) is 14.2. The minimum absolute atomic E-state index is 0.0244. The molecule has 0 radical (unpaired) electrons. The van der Waals surface area contributed by atoms with Crippen molar-refractivity contribution in [2.24, 2.45) is 0 Å². The summed E-state index contributed by atoms with van der Waals surface area (Å²) in [6.07, 6.45) is -2.51. The van der Waals surface area contributed by atoms with Crippen molar-refractivity contribution in [1.29, 1.82) is 0 Å². The van der Waals surface area contributed by atoms with Gasteiger partial charge < -0.3 is 14.5 Å². The normalized spacial score (nSPS) is 18.6. The van der Waals surface area contributed by atoms with Crippen molar-refractivity contribution in [3.8, 4) is 11.3 Å². The first-order valence-corrected chi connectivity index (χ1v) is 8.30. The second kappa shape index (κ2) is 6.75. The molecule has 0 spiro atoms. The summed E-state index contributed by atoms with van der Waals surface area (Å²) in [6.45, 7) is 0.763. The first-order chi connectivity index (χ1) is 12.2. The minimum Gasteiger partial charge on any atom is -0.373 e. The number of piperidine rings is 1.